The first-order chi connectivity index (χ1) is 8.74. The lowest BCUT2D eigenvalue weighted by Crippen LogP contribution is -2.13. The van der Waals surface area contributed by atoms with Gasteiger partial charge in [-0.3, -0.25) is 9.89 Å². The van der Waals surface area contributed by atoms with E-state index >= 15 is 0 Å². The maximum atomic E-state index is 12.0. The number of hydrogen-bond donors (Lipinski definition) is 3. The number of para-hydroxylation sites is 1. The summed E-state index contributed by atoms with van der Waals surface area (Å²) in [5, 5.41) is 10.4. The summed E-state index contributed by atoms with van der Waals surface area (Å²) >= 11 is 0. The Kier molecular flexibility index (Phi) is 2.37. The van der Waals surface area contributed by atoms with Crippen LogP contribution in [0.2, 0.25) is 0 Å². The van der Waals surface area contributed by atoms with Gasteiger partial charge in [-0.05, 0) is 19.1 Å². The number of nitrogens with one attached hydrogen (secondary N) is 3. The lowest BCUT2D eigenvalue weighted by molar-refractivity contribution is 0.102. The first-order valence-corrected chi connectivity index (χ1v) is 5.63. The molecule has 3 aromatic rings. The third-order valence-electron chi connectivity index (χ3n) is 2.84. The Balaban J connectivity index is 1.90. The SMILES string of the molecule is Cc1cn[nH]c1NC(=O)c1cc2ccccc2[nH]1. The van der Waals surface area contributed by atoms with Crippen LogP contribution >= 0.6 is 0 Å². The van der Waals surface area contributed by atoms with E-state index in [0.717, 1.165) is 16.5 Å². The van der Waals surface area contributed by atoms with Crippen LogP contribution in [0.25, 0.3) is 10.9 Å². The van der Waals surface area contributed by atoms with Crippen molar-refractivity contribution < 1.29 is 4.79 Å². The molecule has 2 aromatic heterocycles. The zero-order valence-electron chi connectivity index (χ0n) is 9.82. The van der Waals surface area contributed by atoms with Crippen molar-refractivity contribution in [2.24, 2.45) is 0 Å². The topological polar surface area (TPSA) is 73.6 Å². The number of amides is 1. The van der Waals surface area contributed by atoms with E-state index in [-0.39, 0.29) is 5.91 Å². The van der Waals surface area contributed by atoms with Crippen molar-refractivity contribution in [3.05, 3.63) is 47.8 Å². The molecule has 0 spiro atoms. The number of rotatable bonds is 2. The van der Waals surface area contributed by atoms with Gasteiger partial charge in [0.1, 0.15) is 11.5 Å². The molecule has 0 aliphatic rings. The van der Waals surface area contributed by atoms with Gasteiger partial charge in [0.05, 0.1) is 6.20 Å². The van der Waals surface area contributed by atoms with E-state index in [0.29, 0.717) is 11.5 Å². The number of aryl methyl sites for hydroxylation is 1. The predicted molar refractivity (Wildman–Crippen MR) is 69.6 cm³/mol. The van der Waals surface area contributed by atoms with Gasteiger partial charge in [-0.25, -0.2) is 0 Å². The Morgan fingerprint density at radius 3 is 2.89 bits per heavy atom. The lowest BCUT2D eigenvalue weighted by atomic mass is 10.2. The highest BCUT2D eigenvalue weighted by atomic mass is 16.1. The summed E-state index contributed by atoms with van der Waals surface area (Å²) in [5.74, 6) is 0.442. The molecule has 0 aliphatic heterocycles. The Morgan fingerprint density at radius 1 is 1.33 bits per heavy atom. The van der Waals surface area contributed by atoms with E-state index < -0.39 is 0 Å². The highest BCUT2D eigenvalue weighted by Gasteiger charge is 2.11. The standard InChI is InChI=1S/C13H12N4O/c1-8-7-14-17-12(8)16-13(18)11-6-9-4-2-3-5-10(9)15-11/h2-7,15H,1H3,(H2,14,16,17,18). The normalized spacial score (nSPS) is 10.7. The van der Waals surface area contributed by atoms with Gasteiger partial charge in [0.25, 0.3) is 5.91 Å². The summed E-state index contributed by atoms with van der Waals surface area (Å²) in [5.41, 5.74) is 2.38. The van der Waals surface area contributed by atoms with Crippen molar-refractivity contribution in [3.63, 3.8) is 0 Å². The number of fused-ring (bicyclic) bond motifs is 1. The second-order valence-electron chi connectivity index (χ2n) is 4.15. The molecule has 5 heteroatoms. The fraction of sp³-hybridized carbons (Fsp3) is 0.0769. The number of carbonyl (C=O) groups is 1. The largest absolute Gasteiger partial charge is 0.351 e. The fourth-order valence-corrected chi connectivity index (χ4v) is 1.85. The van der Waals surface area contributed by atoms with Gasteiger partial charge in [0.15, 0.2) is 0 Å². The summed E-state index contributed by atoms with van der Waals surface area (Å²) in [6, 6.07) is 9.60. The summed E-state index contributed by atoms with van der Waals surface area (Å²) in [4.78, 5) is 15.1. The Labute approximate surface area is 103 Å². The molecular formula is C13H12N4O. The molecule has 0 radical (unpaired) electrons. The van der Waals surface area contributed by atoms with Gasteiger partial charge in [-0.1, -0.05) is 18.2 Å². The number of nitrogens with zero attached hydrogens (tertiary/aromatic N) is 1. The molecule has 1 amide bonds. The first kappa shape index (κ1) is 10.6. The summed E-state index contributed by atoms with van der Waals surface area (Å²) < 4.78 is 0. The van der Waals surface area contributed by atoms with Crippen molar-refractivity contribution in [2.45, 2.75) is 6.92 Å². The summed E-state index contributed by atoms with van der Waals surface area (Å²) in [7, 11) is 0. The first-order valence-electron chi connectivity index (χ1n) is 5.63. The minimum atomic E-state index is -0.182. The van der Waals surface area contributed by atoms with Crippen LogP contribution < -0.4 is 5.32 Å². The zero-order valence-corrected chi connectivity index (χ0v) is 9.82. The van der Waals surface area contributed by atoms with Crippen LogP contribution in [0.15, 0.2) is 36.5 Å². The summed E-state index contributed by atoms with van der Waals surface area (Å²) in [6.45, 7) is 1.88. The maximum absolute atomic E-state index is 12.0. The van der Waals surface area contributed by atoms with Crippen molar-refractivity contribution in [2.75, 3.05) is 5.32 Å². The van der Waals surface area contributed by atoms with Crippen LogP contribution in [0.1, 0.15) is 16.1 Å². The number of benzene rings is 1. The molecule has 18 heavy (non-hydrogen) atoms. The Morgan fingerprint density at radius 2 is 2.17 bits per heavy atom. The maximum Gasteiger partial charge on any atom is 0.273 e. The Bertz CT molecular complexity index is 677. The number of aromatic amines is 2. The fourth-order valence-electron chi connectivity index (χ4n) is 1.85. The quantitative estimate of drug-likeness (QED) is 0.643. The van der Waals surface area contributed by atoms with Gasteiger partial charge in [0.2, 0.25) is 0 Å². The molecule has 5 nitrogen and oxygen atoms in total. The average Bonchev–Trinajstić information content (AvgIpc) is 2.96. The van der Waals surface area contributed by atoms with E-state index in [1.54, 1.807) is 6.20 Å². The Hall–Kier alpha value is -2.56. The predicted octanol–water partition coefficient (Wildman–Crippen LogP) is 2.45. The van der Waals surface area contributed by atoms with Gasteiger partial charge < -0.3 is 10.3 Å². The van der Waals surface area contributed by atoms with Crippen molar-refractivity contribution in [1.82, 2.24) is 15.2 Å². The molecule has 0 atom stereocenters. The lowest BCUT2D eigenvalue weighted by Gasteiger charge is -2.01. The highest BCUT2D eigenvalue weighted by Crippen LogP contribution is 2.16. The minimum absolute atomic E-state index is 0.182. The van der Waals surface area contributed by atoms with E-state index in [4.69, 9.17) is 0 Å². The van der Waals surface area contributed by atoms with Crippen molar-refractivity contribution >= 4 is 22.6 Å². The van der Waals surface area contributed by atoms with Gasteiger partial charge >= 0.3 is 0 Å². The number of hydrogen-bond acceptors (Lipinski definition) is 2. The highest BCUT2D eigenvalue weighted by molar-refractivity contribution is 6.05. The molecule has 0 saturated heterocycles. The second-order valence-corrected chi connectivity index (χ2v) is 4.15. The number of aromatic nitrogens is 3. The monoisotopic (exact) mass is 240 g/mol. The summed E-state index contributed by atoms with van der Waals surface area (Å²) in [6.07, 6.45) is 1.67. The van der Waals surface area contributed by atoms with E-state index in [2.05, 4.69) is 20.5 Å². The zero-order chi connectivity index (χ0) is 12.5. The van der Waals surface area contributed by atoms with Crippen LogP contribution in [0.5, 0.6) is 0 Å². The average molecular weight is 240 g/mol. The second kappa shape index (κ2) is 4.03. The van der Waals surface area contributed by atoms with Crippen molar-refractivity contribution in [1.29, 1.82) is 0 Å². The molecule has 3 rings (SSSR count). The molecule has 1 aromatic carbocycles. The minimum Gasteiger partial charge on any atom is -0.351 e. The van der Waals surface area contributed by atoms with Crippen molar-refractivity contribution in [3.8, 4) is 0 Å². The molecular weight excluding hydrogens is 228 g/mol. The van der Waals surface area contributed by atoms with Gasteiger partial charge in [-0.15, -0.1) is 0 Å². The smallest absolute Gasteiger partial charge is 0.273 e. The van der Waals surface area contributed by atoms with Gasteiger partial charge in [-0.2, -0.15) is 5.10 Å². The molecule has 0 bridgehead atoms. The van der Waals surface area contributed by atoms with Crippen LogP contribution in [-0.4, -0.2) is 21.1 Å². The molecule has 0 unspecified atom stereocenters. The van der Waals surface area contributed by atoms with Crippen LogP contribution in [0, 0.1) is 6.92 Å². The van der Waals surface area contributed by atoms with Crippen LogP contribution in [0.3, 0.4) is 0 Å². The van der Waals surface area contributed by atoms with Crippen LogP contribution in [0.4, 0.5) is 5.82 Å². The third kappa shape index (κ3) is 1.75. The van der Waals surface area contributed by atoms with E-state index in [9.17, 15) is 4.79 Å². The van der Waals surface area contributed by atoms with Crippen LogP contribution in [-0.2, 0) is 0 Å². The van der Waals surface area contributed by atoms with Gasteiger partial charge in [0, 0.05) is 16.5 Å². The molecule has 0 aliphatic carbocycles. The molecule has 0 saturated carbocycles. The molecule has 90 valence electrons. The van der Waals surface area contributed by atoms with E-state index in [1.165, 1.54) is 0 Å². The molecule has 3 N–H and O–H groups in total. The van der Waals surface area contributed by atoms with E-state index in [1.807, 2.05) is 37.3 Å². The number of anilines is 1. The number of carbonyl (C=O) groups excluding carboxylic acids is 1. The molecule has 2 heterocycles. The molecule has 0 fully saturated rings. The third-order valence-corrected chi connectivity index (χ3v) is 2.84. The number of H-pyrrole nitrogens is 2.